The van der Waals surface area contributed by atoms with Gasteiger partial charge in [0.15, 0.2) is 0 Å². The highest BCUT2D eigenvalue weighted by molar-refractivity contribution is 9.11. The van der Waals surface area contributed by atoms with Crippen molar-refractivity contribution in [3.8, 4) is 0 Å². The maximum Gasteiger partial charge on any atom is 0.416 e. The quantitative estimate of drug-likeness (QED) is 0.720. The number of nitrogens with one attached hydrogen (secondary N) is 1. The van der Waals surface area contributed by atoms with Crippen LogP contribution in [-0.4, -0.2) is 0 Å². The van der Waals surface area contributed by atoms with E-state index in [1.807, 2.05) is 11.4 Å². The van der Waals surface area contributed by atoms with Crippen molar-refractivity contribution in [1.29, 1.82) is 0 Å². The number of hydrogen-bond donors (Lipinski definition) is 1. The Bertz CT molecular complexity index is 583. The Kier molecular flexibility index (Phi) is 4.43. The van der Waals surface area contributed by atoms with Crippen molar-refractivity contribution in [1.82, 2.24) is 0 Å². The van der Waals surface area contributed by atoms with Gasteiger partial charge in [0.1, 0.15) is 0 Å². The molecule has 0 aliphatic carbocycles. The van der Waals surface area contributed by atoms with Crippen LogP contribution in [0.5, 0.6) is 0 Å². The van der Waals surface area contributed by atoms with Crippen LogP contribution in [-0.2, 0) is 12.7 Å². The van der Waals surface area contributed by atoms with E-state index in [2.05, 4.69) is 21.2 Å². The van der Waals surface area contributed by atoms with E-state index in [0.29, 0.717) is 12.2 Å². The molecule has 1 N–H and O–H groups in total. The molecule has 0 aliphatic heterocycles. The maximum absolute atomic E-state index is 12.6. The smallest absolute Gasteiger partial charge is 0.381 e. The Hall–Kier alpha value is -0.720. The molecule has 1 aromatic carbocycles. The Labute approximate surface area is 125 Å². The zero-order chi connectivity index (χ0) is 14.0. The summed E-state index contributed by atoms with van der Waals surface area (Å²) in [5.74, 6) is 0. The molecule has 0 radical (unpaired) electrons. The number of benzene rings is 1. The van der Waals surface area contributed by atoms with Crippen LogP contribution in [0.15, 0.2) is 33.4 Å². The third kappa shape index (κ3) is 4.12. The van der Waals surface area contributed by atoms with Crippen LogP contribution in [0, 0.1) is 0 Å². The predicted octanol–water partition coefficient (Wildman–Crippen LogP) is 5.79. The molecule has 0 atom stereocenters. The molecule has 1 aromatic heterocycles. The summed E-state index contributed by atoms with van der Waals surface area (Å²) in [6.45, 7) is 0.444. The predicted molar refractivity (Wildman–Crippen MR) is 75.8 cm³/mol. The van der Waals surface area contributed by atoms with Crippen molar-refractivity contribution in [2.45, 2.75) is 12.7 Å². The Morgan fingerprint density at radius 2 is 1.95 bits per heavy atom. The van der Waals surface area contributed by atoms with E-state index in [9.17, 15) is 13.2 Å². The zero-order valence-corrected chi connectivity index (χ0v) is 12.6. The summed E-state index contributed by atoms with van der Waals surface area (Å²) in [5.41, 5.74) is 0.585. The van der Waals surface area contributed by atoms with Crippen molar-refractivity contribution in [2.75, 3.05) is 5.32 Å². The van der Waals surface area contributed by atoms with Crippen molar-refractivity contribution >= 4 is 44.6 Å². The van der Waals surface area contributed by atoms with Crippen LogP contribution in [0.3, 0.4) is 0 Å². The highest BCUT2D eigenvalue weighted by Gasteiger charge is 2.31. The highest BCUT2D eigenvalue weighted by atomic mass is 79.9. The molecule has 19 heavy (non-hydrogen) atoms. The first-order valence-electron chi connectivity index (χ1n) is 5.19. The van der Waals surface area contributed by atoms with Gasteiger partial charge < -0.3 is 5.32 Å². The van der Waals surface area contributed by atoms with Gasteiger partial charge >= 0.3 is 6.18 Å². The molecule has 1 nitrogen and oxygen atoms in total. The van der Waals surface area contributed by atoms with Gasteiger partial charge in [0, 0.05) is 17.3 Å². The molecule has 0 saturated heterocycles. The molecule has 0 fully saturated rings. The Morgan fingerprint density at radius 1 is 1.21 bits per heavy atom. The van der Waals surface area contributed by atoms with Crippen molar-refractivity contribution in [3.63, 3.8) is 0 Å². The number of rotatable bonds is 3. The standard InChI is InChI=1S/C12H8BrClF3NS/c13-11-1-7(6-19-11)5-18-10-3-8(12(15,16)17)2-9(14)4-10/h1-4,6,18H,5H2. The van der Waals surface area contributed by atoms with Gasteiger partial charge in [-0.2, -0.15) is 13.2 Å². The molecule has 2 rings (SSSR count). The van der Waals surface area contributed by atoms with Gasteiger partial charge in [-0.1, -0.05) is 11.6 Å². The van der Waals surface area contributed by atoms with Crippen molar-refractivity contribution in [3.05, 3.63) is 49.6 Å². The zero-order valence-electron chi connectivity index (χ0n) is 9.39. The van der Waals surface area contributed by atoms with E-state index in [1.54, 1.807) is 0 Å². The van der Waals surface area contributed by atoms with Crippen LogP contribution >= 0.6 is 38.9 Å². The first-order chi connectivity index (χ1) is 8.84. The summed E-state index contributed by atoms with van der Waals surface area (Å²) < 4.78 is 38.8. The lowest BCUT2D eigenvalue weighted by atomic mass is 10.2. The van der Waals surface area contributed by atoms with Gasteiger partial charge in [0.05, 0.1) is 9.35 Å². The Balaban J connectivity index is 2.14. The van der Waals surface area contributed by atoms with Crippen LogP contribution in [0.2, 0.25) is 5.02 Å². The lowest BCUT2D eigenvalue weighted by Crippen LogP contribution is -2.06. The third-order valence-corrected chi connectivity index (χ3v) is 4.12. The molecule has 0 bridgehead atoms. The molecule has 0 saturated carbocycles. The normalized spacial score (nSPS) is 11.6. The van der Waals surface area contributed by atoms with Crippen LogP contribution < -0.4 is 5.32 Å². The van der Waals surface area contributed by atoms with E-state index in [0.717, 1.165) is 21.5 Å². The average molecular weight is 371 g/mol. The first-order valence-corrected chi connectivity index (χ1v) is 7.24. The number of hydrogen-bond acceptors (Lipinski definition) is 2. The second-order valence-electron chi connectivity index (χ2n) is 3.84. The van der Waals surface area contributed by atoms with Crippen molar-refractivity contribution in [2.24, 2.45) is 0 Å². The molecular weight excluding hydrogens is 363 g/mol. The minimum Gasteiger partial charge on any atom is -0.381 e. The lowest BCUT2D eigenvalue weighted by Gasteiger charge is -2.11. The molecule has 0 spiro atoms. The molecule has 0 amide bonds. The van der Waals surface area contributed by atoms with E-state index < -0.39 is 11.7 Å². The number of thiophene rings is 1. The average Bonchev–Trinajstić information content (AvgIpc) is 2.71. The molecule has 1 heterocycles. The fourth-order valence-electron chi connectivity index (χ4n) is 1.50. The summed E-state index contributed by atoms with van der Waals surface area (Å²) >= 11 is 10.5. The maximum atomic E-state index is 12.6. The largest absolute Gasteiger partial charge is 0.416 e. The van der Waals surface area contributed by atoms with Gasteiger partial charge in [-0.05, 0) is 51.1 Å². The minimum absolute atomic E-state index is 0.0591. The number of halogens is 5. The molecule has 7 heteroatoms. The van der Waals surface area contributed by atoms with E-state index >= 15 is 0 Å². The highest BCUT2D eigenvalue weighted by Crippen LogP contribution is 2.33. The topological polar surface area (TPSA) is 12.0 Å². The van der Waals surface area contributed by atoms with Crippen LogP contribution in [0.1, 0.15) is 11.1 Å². The fourth-order valence-corrected chi connectivity index (χ4v) is 2.94. The molecule has 0 unspecified atom stereocenters. The number of anilines is 1. The SMILES string of the molecule is FC(F)(F)c1cc(Cl)cc(NCc2csc(Br)c2)c1. The van der Waals surface area contributed by atoms with Gasteiger partial charge in [-0.3, -0.25) is 0 Å². The summed E-state index contributed by atoms with van der Waals surface area (Å²) in [5, 5.41) is 4.91. The summed E-state index contributed by atoms with van der Waals surface area (Å²) in [7, 11) is 0. The van der Waals surface area contributed by atoms with Gasteiger partial charge in [0.2, 0.25) is 0 Å². The number of alkyl halides is 3. The van der Waals surface area contributed by atoms with Gasteiger partial charge in [-0.15, -0.1) is 11.3 Å². The van der Waals surface area contributed by atoms with Gasteiger partial charge in [-0.25, -0.2) is 0 Å². The van der Waals surface area contributed by atoms with E-state index in [-0.39, 0.29) is 5.02 Å². The van der Waals surface area contributed by atoms with E-state index in [4.69, 9.17) is 11.6 Å². The summed E-state index contributed by atoms with van der Waals surface area (Å²) in [4.78, 5) is 0. The molecule has 2 aromatic rings. The van der Waals surface area contributed by atoms with Crippen LogP contribution in [0.4, 0.5) is 18.9 Å². The third-order valence-electron chi connectivity index (χ3n) is 2.34. The van der Waals surface area contributed by atoms with Crippen LogP contribution in [0.25, 0.3) is 0 Å². The molecular formula is C12H8BrClF3NS. The van der Waals surface area contributed by atoms with Crippen molar-refractivity contribution < 1.29 is 13.2 Å². The van der Waals surface area contributed by atoms with E-state index in [1.165, 1.54) is 17.4 Å². The molecule has 102 valence electrons. The lowest BCUT2D eigenvalue weighted by molar-refractivity contribution is -0.137. The Morgan fingerprint density at radius 3 is 2.53 bits per heavy atom. The second kappa shape index (κ2) is 5.73. The molecule has 0 aliphatic rings. The van der Waals surface area contributed by atoms with Gasteiger partial charge in [0.25, 0.3) is 0 Å². The second-order valence-corrected chi connectivity index (χ2v) is 6.57. The summed E-state index contributed by atoms with van der Waals surface area (Å²) in [6.07, 6.45) is -4.40. The first kappa shape index (κ1) is 14.7. The minimum atomic E-state index is -4.40. The fraction of sp³-hybridized carbons (Fsp3) is 0.167. The summed E-state index contributed by atoms with van der Waals surface area (Å²) in [6, 6.07) is 5.34. The monoisotopic (exact) mass is 369 g/mol.